The van der Waals surface area contributed by atoms with Gasteiger partial charge in [0, 0.05) is 26.7 Å². The number of hydrogen-bond acceptors (Lipinski definition) is 6. The lowest BCUT2D eigenvalue weighted by atomic mass is 10.1. The van der Waals surface area contributed by atoms with Crippen LogP contribution in [-0.2, 0) is 16.1 Å². The summed E-state index contributed by atoms with van der Waals surface area (Å²) < 4.78 is 0. The van der Waals surface area contributed by atoms with Crippen molar-refractivity contribution in [1.29, 1.82) is 0 Å². The molecule has 2 amide bonds. The number of fused-ring (bicyclic) bond motifs is 1. The Morgan fingerprint density at radius 2 is 2.10 bits per heavy atom. The van der Waals surface area contributed by atoms with Gasteiger partial charge in [0.2, 0.25) is 11.8 Å². The number of aryl methyl sites for hydroxylation is 1. The highest BCUT2D eigenvalue weighted by atomic mass is 32.1. The highest BCUT2D eigenvalue weighted by molar-refractivity contribution is 7.11. The number of likely N-dealkylation sites (N-methyl/N-ethyl adjacent to an activating group) is 1. The summed E-state index contributed by atoms with van der Waals surface area (Å²) in [4.78, 5) is 29.5. The quantitative estimate of drug-likeness (QED) is 0.724. The number of rotatable bonds is 2. The maximum Gasteiger partial charge on any atom is 0.246 e. The third-order valence-electron chi connectivity index (χ3n) is 3.75. The van der Waals surface area contributed by atoms with Crippen molar-refractivity contribution in [3.63, 3.8) is 0 Å². The fourth-order valence-electron chi connectivity index (χ4n) is 2.71. The highest BCUT2D eigenvalue weighted by Gasteiger charge is 2.41. The van der Waals surface area contributed by atoms with Crippen molar-refractivity contribution in [2.75, 3.05) is 33.2 Å². The fourth-order valence-corrected chi connectivity index (χ4v) is 3.46. The summed E-state index contributed by atoms with van der Waals surface area (Å²) in [6.45, 7) is 4.79. The van der Waals surface area contributed by atoms with E-state index < -0.39 is 0 Å². The zero-order chi connectivity index (χ0) is 14.3. The van der Waals surface area contributed by atoms with E-state index in [4.69, 9.17) is 0 Å². The standard InChI is InChI=1S/C12H17N5O2S/c1-8-13-14-10(20-8)6-16-3-4-17-9(5-16)12(19)15(2)7-11(17)18/h9H,3-7H2,1-2H3/t9-/m1/s1. The van der Waals surface area contributed by atoms with Crippen LogP contribution in [-0.4, -0.2) is 76.0 Å². The van der Waals surface area contributed by atoms with Gasteiger partial charge >= 0.3 is 0 Å². The summed E-state index contributed by atoms with van der Waals surface area (Å²) >= 11 is 1.57. The molecule has 0 aromatic carbocycles. The average Bonchev–Trinajstić information content (AvgIpc) is 2.81. The number of piperazine rings is 2. The van der Waals surface area contributed by atoms with Gasteiger partial charge in [0.25, 0.3) is 0 Å². The Morgan fingerprint density at radius 3 is 2.80 bits per heavy atom. The van der Waals surface area contributed by atoms with Crippen LogP contribution in [0.15, 0.2) is 0 Å². The first kappa shape index (κ1) is 13.4. The maximum atomic E-state index is 12.2. The third kappa shape index (κ3) is 2.40. The van der Waals surface area contributed by atoms with E-state index in [0.29, 0.717) is 19.6 Å². The molecule has 1 atom stereocenters. The van der Waals surface area contributed by atoms with E-state index in [9.17, 15) is 9.59 Å². The second kappa shape index (κ2) is 5.10. The van der Waals surface area contributed by atoms with Crippen molar-refractivity contribution in [1.82, 2.24) is 24.9 Å². The molecule has 1 aromatic heterocycles. The van der Waals surface area contributed by atoms with Gasteiger partial charge in [0.05, 0.1) is 13.1 Å². The summed E-state index contributed by atoms with van der Waals surface area (Å²) in [5, 5.41) is 10.0. The van der Waals surface area contributed by atoms with Crippen molar-refractivity contribution in [3.8, 4) is 0 Å². The van der Waals surface area contributed by atoms with Gasteiger partial charge in [-0.1, -0.05) is 0 Å². The number of hydrogen-bond donors (Lipinski definition) is 0. The highest BCUT2D eigenvalue weighted by Crippen LogP contribution is 2.19. The largest absolute Gasteiger partial charge is 0.335 e. The van der Waals surface area contributed by atoms with E-state index in [-0.39, 0.29) is 24.4 Å². The number of carbonyl (C=O) groups excluding carboxylic acids is 2. The van der Waals surface area contributed by atoms with Gasteiger partial charge in [-0.3, -0.25) is 14.5 Å². The molecule has 3 rings (SSSR count). The van der Waals surface area contributed by atoms with Gasteiger partial charge in [-0.25, -0.2) is 0 Å². The van der Waals surface area contributed by atoms with Crippen LogP contribution in [0.3, 0.4) is 0 Å². The molecule has 2 saturated heterocycles. The molecule has 0 unspecified atom stereocenters. The van der Waals surface area contributed by atoms with Gasteiger partial charge in [0.1, 0.15) is 16.1 Å². The maximum absolute atomic E-state index is 12.2. The van der Waals surface area contributed by atoms with E-state index in [2.05, 4.69) is 15.1 Å². The van der Waals surface area contributed by atoms with Crippen LogP contribution in [0.1, 0.15) is 10.0 Å². The topological polar surface area (TPSA) is 69.6 Å². The van der Waals surface area contributed by atoms with Crippen molar-refractivity contribution >= 4 is 23.2 Å². The summed E-state index contributed by atoms with van der Waals surface area (Å²) in [5.74, 6) is 0.0752. The predicted molar refractivity (Wildman–Crippen MR) is 73.1 cm³/mol. The van der Waals surface area contributed by atoms with Gasteiger partial charge in [-0.2, -0.15) is 0 Å². The van der Waals surface area contributed by atoms with E-state index in [0.717, 1.165) is 16.6 Å². The van der Waals surface area contributed by atoms with E-state index in [1.54, 1.807) is 23.3 Å². The van der Waals surface area contributed by atoms with Crippen molar-refractivity contribution in [3.05, 3.63) is 10.0 Å². The monoisotopic (exact) mass is 295 g/mol. The van der Waals surface area contributed by atoms with Crippen LogP contribution < -0.4 is 0 Å². The van der Waals surface area contributed by atoms with Crippen LogP contribution in [0.25, 0.3) is 0 Å². The molecule has 0 spiro atoms. The Labute approximate surface area is 121 Å². The van der Waals surface area contributed by atoms with Crippen LogP contribution in [0.4, 0.5) is 0 Å². The molecule has 8 heteroatoms. The summed E-state index contributed by atoms with van der Waals surface area (Å²) in [7, 11) is 1.69. The van der Waals surface area contributed by atoms with Crippen molar-refractivity contribution in [2.45, 2.75) is 19.5 Å². The van der Waals surface area contributed by atoms with Gasteiger partial charge in [0.15, 0.2) is 0 Å². The van der Waals surface area contributed by atoms with Crippen molar-refractivity contribution < 1.29 is 9.59 Å². The Bertz CT molecular complexity index is 546. The first-order chi connectivity index (χ1) is 9.54. The average molecular weight is 295 g/mol. The summed E-state index contributed by atoms with van der Waals surface area (Å²) in [6, 6.07) is -0.344. The lowest BCUT2D eigenvalue weighted by Gasteiger charge is -2.45. The van der Waals surface area contributed by atoms with Crippen LogP contribution in [0, 0.1) is 6.92 Å². The summed E-state index contributed by atoms with van der Waals surface area (Å²) in [6.07, 6.45) is 0. The first-order valence-corrected chi connectivity index (χ1v) is 7.42. The third-order valence-corrected chi connectivity index (χ3v) is 4.57. The van der Waals surface area contributed by atoms with Crippen molar-refractivity contribution in [2.24, 2.45) is 0 Å². The molecule has 0 bridgehead atoms. The molecule has 2 aliphatic rings. The number of carbonyl (C=O) groups is 2. The smallest absolute Gasteiger partial charge is 0.246 e. The molecule has 2 aliphatic heterocycles. The first-order valence-electron chi connectivity index (χ1n) is 6.60. The Balaban J connectivity index is 1.70. The summed E-state index contributed by atoms with van der Waals surface area (Å²) in [5.41, 5.74) is 0. The van der Waals surface area contributed by atoms with Gasteiger partial charge < -0.3 is 9.80 Å². The number of amides is 2. The van der Waals surface area contributed by atoms with Gasteiger partial charge in [-0.05, 0) is 6.92 Å². The molecular weight excluding hydrogens is 278 g/mol. The zero-order valence-electron chi connectivity index (χ0n) is 11.6. The molecule has 20 heavy (non-hydrogen) atoms. The lowest BCUT2D eigenvalue weighted by molar-refractivity contribution is -0.158. The molecule has 1 aromatic rings. The Morgan fingerprint density at radius 1 is 1.30 bits per heavy atom. The predicted octanol–water partition coefficient (Wildman–Crippen LogP) is -0.669. The number of nitrogens with zero attached hydrogens (tertiary/aromatic N) is 5. The second-order valence-corrected chi connectivity index (χ2v) is 6.51. The van der Waals surface area contributed by atoms with Crippen LogP contribution in [0.5, 0.6) is 0 Å². The minimum atomic E-state index is -0.344. The second-order valence-electron chi connectivity index (χ2n) is 5.25. The fraction of sp³-hybridized carbons (Fsp3) is 0.667. The molecule has 2 fully saturated rings. The molecule has 7 nitrogen and oxygen atoms in total. The minimum Gasteiger partial charge on any atom is -0.335 e. The molecule has 0 saturated carbocycles. The molecular formula is C12H17N5O2S. The normalized spacial score (nSPS) is 24.2. The number of aromatic nitrogens is 2. The van der Waals surface area contributed by atoms with Gasteiger partial charge in [-0.15, -0.1) is 21.5 Å². The van der Waals surface area contributed by atoms with E-state index >= 15 is 0 Å². The zero-order valence-corrected chi connectivity index (χ0v) is 12.4. The van der Waals surface area contributed by atoms with E-state index in [1.807, 2.05) is 6.92 Å². The van der Waals surface area contributed by atoms with Crippen LogP contribution in [0.2, 0.25) is 0 Å². The lowest BCUT2D eigenvalue weighted by Crippen LogP contribution is -2.65. The molecule has 0 aliphatic carbocycles. The molecule has 3 heterocycles. The SMILES string of the molecule is Cc1nnc(CN2CCN3C(=O)CN(C)C(=O)[C@H]3C2)s1. The molecule has 108 valence electrons. The Hall–Kier alpha value is -1.54. The molecule has 0 N–H and O–H groups in total. The minimum absolute atomic E-state index is 0.0303. The molecule has 0 radical (unpaired) electrons. The van der Waals surface area contributed by atoms with E-state index in [1.165, 1.54) is 4.90 Å². The van der Waals surface area contributed by atoms with Crippen LogP contribution >= 0.6 is 11.3 Å². The Kier molecular flexibility index (Phi) is 3.43.